The molecule has 1 heterocycles. The number of benzene rings is 1. The topological polar surface area (TPSA) is 50.4 Å². The van der Waals surface area contributed by atoms with Crippen LogP contribution in [0.4, 0.5) is 18.9 Å². The minimum absolute atomic E-state index is 0. The minimum Gasteiger partial charge on any atom is -0.406 e. The van der Waals surface area contributed by atoms with Gasteiger partial charge in [0.25, 0.3) is 0 Å². The Hall–Kier alpha value is -1.47. The average molecular weight is 325 g/mol. The Labute approximate surface area is 126 Å². The summed E-state index contributed by atoms with van der Waals surface area (Å²) < 4.78 is 40.1. The molecule has 8 heteroatoms. The Bertz CT molecular complexity index is 477. The van der Waals surface area contributed by atoms with E-state index in [1.807, 2.05) is 0 Å². The van der Waals surface area contributed by atoms with E-state index in [4.69, 9.17) is 0 Å². The van der Waals surface area contributed by atoms with Gasteiger partial charge in [-0.15, -0.1) is 25.6 Å². The van der Waals surface area contributed by atoms with Crippen LogP contribution < -0.4 is 15.4 Å². The molecule has 1 amide bonds. The SMILES string of the molecule is Cl.O=C(Nc1cccc(OC(F)(F)F)c1)[C@@H]1CCCCN1. The molecule has 2 N–H and O–H groups in total. The van der Waals surface area contributed by atoms with Crippen molar-refractivity contribution in [2.75, 3.05) is 11.9 Å². The van der Waals surface area contributed by atoms with Crippen LogP contribution >= 0.6 is 12.4 Å². The summed E-state index contributed by atoms with van der Waals surface area (Å²) in [7, 11) is 0. The van der Waals surface area contributed by atoms with Gasteiger partial charge in [0.05, 0.1) is 6.04 Å². The van der Waals surface area contributed by atoms with Gasteiger partial charge < -0.3 is 15.4 Å². The van der Waals surface area contributed by atoms with Crippen molar-refractivity contribution in [2.24, 2.45) is 0 Å². The number of carbonyl (C=O) groups is 1. The first-order valence-electron chi connectivity index (χ1n) is 6.34. The first-order valence-corrected chi connectivity index (χ1v) is 6.34. The number of carbonyl (C=O) groups excluding carboxylic acids is 1. The first kappa shape index (κ1) is 17.6. The van der Waals surface area contributed by atoms with Crippen molar-refractivity contribution in [3.05, 3.63) is 24.3 Å². The Kier molecular flexibility index (Phi) is 6.29. The molecule has 0 bridgehead atoms. The maximum Gasteiger partial charge on any atom is 0.573 e. The number of hydrogen-bond donors (Lipinski definition) is 2. The molecule has 1 aliphatic heterocycles. The number of rotatable bonds is 3. The highest BCUT2D eigenvalue weighted by Gasteiger charge is 2.31. The minimum atomic E-state index is -4.74. The van der Waals surface area contributed by atoms with Crippen LogP contribution in [0.15, 0.2) is 24.3 Å². The van der Waals surface area contributed by atoms with Gasteiger partial charge in [-0.25, -0.2) is 0 Å². The van der Waals surface area contributed by atoms with E-state index >= 15 is 0 Å². The second-order valence-corrected chi connectivity index (χ2v) is 4.57. The summed E-state index contributed by atoms with van der Waals surface area (Å²) in [6.45, 7) is 0.773. The third-order valence-electron chi connectivity index (χ3n) is 2.96. The van der Waals surface area contributed by atoms with Crippen LogP contribution in [0.5, 0.6) is 5.75 Å². The van der Waals surface area contributed by atoms with E-state index < -0.39 is 6.36 Å². The smallest absolute Gasteiger partial charge is 0.406 e. The van der Waals surface area contributed by atoms with Gasteiger partial charge in [-0.05, 0) is 31.5 Å². The molecule has 0 aromatic heterocycles. The van der Waals surface area contributed by atoms with Gasteiger partial charge in [0, 0.05) is 11.8 Å². The number of halogens is 4. The van der Waals surface area contributed by atoms with E-state index in [9.17, 15) is 18.0 Å². The molecule has 1 aromatic rings. The maximum absolute atomic E-state index is 12.1. The van der Waals surface area contributed by atoms with Gasteiger partial charge in [-0.3, -0.25) is 4.79 Å². The lowest BCUT2D eigenvalue weighted by atomic mass is 10.0. The van der Waals surface area contributed by atoms with E-state index in [0.717, 1.165) is 31.9 Å². The highest BCUT2D eigenvalue weighted by atomic mass is 35.5. The van der Waals surface area contributed by atoms with Crippen molar-refractivity contribution in [3.63, 3.8) is 0 Å². The average Bonchev–Trinajstić information content (AvgIpc) is 2.38. The summed E-state index contributed by atoms with van der Waals surface area (Å²) in [5, 5.41) is 5.66. The Morgan fingerprint density at radius 1 is 1.33 bits per heavy atom. The largest absolute Gasteiger partial charge is 0.573 e. The number of anilines is 1. The molecule has 1 saturated heterocycles. The van der Waals surface area contributed by atoms with Crippen molar-refractivity contribution in [3.8, 4) is 5.75 Å². The molecule has 118 valence electrons. The fourth-order valence-electron chi connectivity index (χ4n) is 2.08. The molecule has 1 atom stereocenters. The van der Waals surface area contributed by atoms with E-state index in [1.165, 1.54) is 18.2 Å². The number of nitrogens with one attached hydrogen (secondary N) is 2. The molecule has 1 aromatic carbocycles. The number of alkyl halides is 3. The van der Waals surface area contributed by atoms with E-state index in [1.54, 1.807) is 0 Å². The van der Waals surface area contributed by atoms with Crippen molar-refractivity contribution in [1.82, 2.24) is 5.32 Å². The summed E-state index contributed by atoms with van der Waals surface area (Å²) >= 11 is 0. The molecule has 21 heavy (non-hydrogen) atoms. The summed E-state index contributed by atoms with van der Waals surface area (Å²) in [5.41, 5.74) is 0.282. The Balaban J connectivity index is 0.00000220. The fraction of sp³-hybridized carbons (Fsp3) is 0.462. The predicted molar refractivity (Wildman–Crippen MR) is 74.6 cm³/mol. The van der Waals surface area contributed by atoms with E-state index in [-0.39, 0.29) is 35.8 Å². The summed E-state index contributed by atoms with van der Waals surface area (Å²) in [6, 6.07) is 4.95. The van der Waals surface area contributed by atoms with Gasteiger partial charge >= 0.3 is 6.36 Å². The van der Waals surface area contributed by atoms with Crippen LogP contribution in [0.3, 0.4) is 0 Å². The third kappa shape index (κ3) is 5.81. The number of ether oxygens (including phenoxy) is 1. The molecule has 4 nitrogen and oxygen atoms in total. The van der Waals surface area contributed by atoms with Gasteiger partial charge in [-0.1, -0.05) is 12.5 Å². The zero-order chi connectivity index (χ0) is 14.6. The highest BCUT2D eigenvalue weighted by Crippen LogP contribution is 2.25. The van der Waals surface area contributed by atoms with Crippen LogP contribution in [0.25, 0.3) is 0 Å². The van der Waals surface area contributed by atoms with Crippen LogP contribution in [0, 0.1) is 0 Å². The lowest BCUT2D eigenvalue weighted by molar-refractivity contribution is -0.274. The second kappa shape index (κ2) is 7.51. The fourth-order valence-corrected chi connectivity index (χ4v) is 2.08. The molecule has 0 saturated carbocycles. The quantitative estimate of drug-likeness (QED) is 0.898. The monoisotopic (exact) mass is 324 g/mol. The molecule has 0 radical (unpaired) electrons. The second-order valence-electron chi connectivity index (χ2n) is 4.57. The van der Waals surface area contributed by atoms with E-state index in [2.05, 4.69) is 15.4 Å². The third-order valence-corrected chi connectivity index (χ3v) is 2.96. The van der Waals surface area contributed by atoms with Crippen LogP contribution in [-0.2, 0) is 4.79 Å². The molecule has 0 unspecified atom stereocenters. The molecular weight excluding hydrogens is 309 g/mol. The molecule has 1 fully saturated rings. The molecule has 2 rings (SSSR count). The van der Waals surface area contributed by atoms with Crippen molar-refractivity contribution < 1.29 is 22.7 Å². The van der Waals surface area contributed by atoms with Gasteiger partial charge in [0.15, 0.2) is 0 Å². The Morgan fingerprint density at radius 3 is 2.71 bits per heavy atom. The summed E-state index contributed by atoms with van der Waals surface area (Å²) in [4.78, 5) is 11.9. The first-order chi connectivity index (χ1) is 9.44. The van der Waals surface area contributed by atoms with Gasteiger partial charge in [0.2, 0.25) is 5.91 Å². The predicted octanol–water partition coefficient (Wildman–Crippen LogP) is 3.09. The molecular formula is C13H16ClF3N2O2. The van der Waals surface area contributed by atoms with Crippen molar-refractivity contribution in [2.45, 2.75) is 31.7 Å². The molecule has 0 spiro atoms. The number of piperidine rings is 1. The van der Waals surface area contributed by atoms with Crippen LogP contribution in [-0.4, -0.2) is 24.9 Å². The zero-order valence-electron chi connectivity index (χ0n) is 11.1. The molecule has 0 aliphatic carbocycles. The van der Waals surface area contributed by atoms with Crippen molar-refractivity contribution in [1.29, 1.82) is 0 Å². The number of hydrogen-bond acceptors (Lipinski definition) is 3. The zero-order valence-corrected chi connectivity index (χ0v) is 11.9. The van der Waals surface area contributed by atoms with Crippen LogP contribution in [0.1, 0.15) is 19.3 Å². The normalized spacial score (nSPS) is 18.5. The summed E-state index contributed by atoms with van der Waals surface area (Å²) in [5.74, 6) is -0.597. The number of amides is 1. The highest BCUT2D eigenvalue weighted by molar-refractivity contribution is 5.95. The maximum atomic E-state index is 12.1. The lowest BCUT2D eigenvalue weighted by Gasteiger charge is -2.22. The standard InChI is InChI=1S/C13H15F3N2O2.ClH/c14-13(15,16)20-10-5-3-4-9(8-10)18-12(19)11-6-1-2-7-17-11;/h3-5,8,11,17H,1-2,6-7H2,(H,18,19);1H/t11-;/m0./s1. The molecule has 1 aliphatic rings. The van der Waals surface area contributed by atoms with E-state index in [0.29, 0.717) is 0 Å². The Morgan fingerprint density at radius 2 is 2.10 bits per heavy atom. The lowest BCUT2D eigenvalue weighted by Crippen LogP contribution is -2.43. The van der Waals surface area contributed by atoms with Crippen LogP contribution in [0.2, 0.25) is 0 Å². The van der Waals surface area contributed by atoms with Gasteiger partial charge in [-0.2, -0.15) is 0 Å². The van der Waals surface area contributed by atoms with Crippen molar-refractivity contribution >= 4 is 24.0 Å². The van der Waals surface area contributed by atoms with Gasteiger partial charge in [0.1, 0.15) is 5.75 Å². The summed E-state index contributed by atoms with van der Waals surface area (Å²) in [6.07, 6.45) is -2.03.